The smallest absolute Gasteiger partial charge is 0.300 e. The molecular formula is C11H14O3. The van der Waals surface area contributed by atoms with Gasteiger partial charge in [-0.05, 0) is 12.0 Å². The minimum Gasteiger partial charge on any atom is -0.481 e. The van der Waals surface area contributed by atoms with Gasteiger partial charge in [0.05, 0.1) is 6.10 Å². The van der Waals surface area contributed by atoms with Crippen molar-refractivity contribution in [1.29, 1.82) is 0 Å². The molecule has 0 radical (unpaired) electrons. The topological polar surface area (TPSA) is 57.5 Å². The summed E-state index contributed by atoms with van der Waals surface area (Å²) in [6.07, 6.45) is 0.881. The van der Waals surface area contributed by atoms with Gasteiger partial charge in [0.25, 0.3) is 5.97 Å². The van der Waals surface area contributed by atoms with Gasteiger partial charge in [0, 0.05) is 12.8 Å². The first-order chi connectivity index (χ1) is 6.61. The number of aliphatic hydroxyl groups excluding tert-OH is 1. The second kappa shape index (κ2) is 4.77. The van der Waals surface area contributed by atoms with E-state index in [0.29, 0.717) is 5.92 Å². The minimum atomic E-state index is -0.833. The number of carboxylic acid groups (broad SMARTS) is 1. The number of aliphatic hydroxyl groups is 1. The summed E-state index contributed by atoms with van der Waals surface area (Å²) in [5.74, 6) is -0.402. The molecule has 2 rings (SSSR count). The van der Waals surface area contributed by atoms with Gasteiger partial charge in [0.15, 0.2) is 0 Å². The van der Waals surface area contributed by atoms with Crippen LogP contribution in [0.3, 0.4) is 0 Å². The number of hydrogen-bond donors (Lipinski definition) is 2. The van der Waals surface area contributed by atoms with Crippen LogP contribution in [0.5, 0.6) is 0 Å². The van der Waals surface area contributed by atoms with Gasteiger partial charge in [-0.1, -0.05) is 30.3 Å². The van der Waals surface area contributed by atoms with Crippen molar-refractivity contribution >= 4 is 5.97 Å². The lowest BCUT2D eigenvalue weighted by molar-refractivity contribution is -0.134. The molecule has 1 aromatic carbocycles. The molecular weight excluding hydrogens is 180 g/mol. The van der Waals surface area contributed by atoms with Crippen LogP contribution in [-0.4, -0.2) is 22.3 Å². The van der Waals surface area contributed by atoms with E-state index >= 15 is 0 Å². The molecule has 1 fully saturated rings. The average molecular weight is 194 g/mol. The Morgan fingerprint density at radius 1 is 1.36 bits per heavy atom. The summed E-state index contributed by atoms with van der Waals surface area (Å²) in [5.41, 5.74) is 1.27. The van der Waals surface area contributed by atoms with Crippen LogP contribution in [0, 0.1) is 0 Å². The Balaban J connectivity index is 0.000000213. The summed E-state index contributed by atoms with van der Waals surface area (Å²) in [5, 5.41) is 16.5. The van der Waals surface area contributed by atoms with Gasteiger partial charge in [-0.15, -0.1) is 0 Å². The molecule has 3 nitrogen and oxygen atoms in total. The highest BCUT2D eigenvalue weighted by Crippen LogP contribution is 2.40. The molecule has 0 spiro atoms. The molecule has 0 aromatic heterocycles. The van der Waals surface area contributed by atoms with Crippen molar-refractivity contribution in [2.45, 2.75) is 25.4 Å². The first-order valence-corrected chi connectivity index (χ1v) is 4.54. The Bertz CT molecular complexity index is 291. The van der Waals surface area contributed by atoms with E-state index in [1.54, 1.807) is 0 Å². The average Bonchev–Trinajstić information content (AvgIpc) is 2.83. The SMILES string of the molecule is CC(=O)O.O[C@@H]1C[C@@H]1c1ccccc1. The highest BCUT2D eigenvalue weighted by Gasteiger charge is 2.35. The lowest BCUT2D eigenvalue weighted by atomic mass is 10.1. The van der Waals surface area contributed by atoms with Crippen molar-refractivity contribution < 1.29 is 15.0 Å². The van der Waals surface area contributed by atoms with E-state index in [4.69, 9.17) is 15.0 Å². The van der Waals surface area contributed by atoms with Crippen LogP contribution in [0.2, 0.25) is 0 Å². The number of carbonyl (C=O) groups is 1. The van der Waals surface area contributed by atoms with Gasteiger partial charge in [0.2, 0.25) is 0 Å². The zero-order valence-corrected chi connectivity index (χ0v) is 8.05. The Labute approximate surface area is 83.0 Å². The van der Waals surface area contributed by atoms with E-state index in [1.165, 1.54) is 5.56 Å². The second-order valence-corrected chi connectivity index (χ2v) is 3.34. The van der Waals surface area contributed by atoms with Crippen LogP contribution in [-0.2, 0) is 4.79 Å². The molecule has 0 heterocycles. The molecule has 2 N–H and O–H groups in total. The lowest BCUT2D eigenvalue weighted by Gasteiger charge is -1.93. The first kappa shape index (κ1) is 10.7. The van der Waals surface area contributed by atoms with Gasteiger partial charge in [0.1, 0.15) is 0 Å². The van der Waals surface area contributed by atoms with Crippen molar-refractivity contribution in [1.82, 2.24) is 0 Å². The highest BCUT2D eigenvalue weighted by atomic mass is 16.4. The summed E-state index contributed by atoms with van der Waals surface area (Å²) in [6, 6.07) is 10.2. The van der Waals surface area contributed by atoms with E-state index < -0.39 is 5.97 Å². The zero-order chi connectivity index (χ0) is 10.6. The third-order valence-electron chi connectivity index (χ3n) is 1.98. The lowest BCUT2D eigenvalue weighted by Crippen LogP contribution is -1.83. The molecule has 3 heteroatoms. The molecule has 14 heavy (non-hydrogen) atoms. The number of aliphatic carboxylic acids is 1. The van der Waals surface area contributed by atoms with Gasteiger partial charge in [-0.25, -0.2) is 0 Å². The minimum absolute atomic E-state index is 0.0672. The van der Waals surface area contributed by atoms with E-state index in [-0.39, 0.29) is 6.10 Å². The fourth-order valence-electron chi connectivity index (χ4n) is 1.24. The van der Waals surface area contributed by atoms with Crippen molar-refractivity contribution in [3.63, 3.8) is 0 Å². The van der Waals surface area contributed by atoms with E-state index in [0.717, 1.165) is 13.3 Å². The fraction of sp³-hybridized carbons (Fsp3) is 0.364. The predicted octanol–water partition coefficient (Wildman–Crippen LogP) is 1.63. The van der Waals surface area contributed by atoms with Crippen LogP contribution in [0.25, 0.3) is 0 Å². The monoisotopic (exact) mass is 194 g/mol. The third kappa shape index (κ3) is 3.58. The van der Waals surface area contributed by atoms with E-state index in [1.807, 2.05) is 18.2 Å². The van der Waals surface area contributed by atoms with Gasteiger partial charge in [-0.2, -0.15) is 0 Å². The maximum Gasteiger partial charge on any atom is 0.300 e. The summed E-state index contributed by atoms with van der Waals surface area (Å²) in [6.45, 7) is 1.08. The van der Waals surface area contributed by atoms with Crippen molar-refractivity contribution in [2.24, 2.45) is 0 Å². The summed E-state index contributed by atoms with van der Waals surface area (Å²) in [4.78, 5) is 9.00. The van der Waals surface area contributed by atoms with Crippen LogP contribution >= 0.6 is 0 Å². The Morgan fingerprint density at radius 3 is 2.14 bits per heavy atom. The summed E-state index contributed by atoms with van der Waals surface area (Å²) in [7, 11) is 0. The van der Waals surface area contributed by atoms with Crippen LogP contribution in [0.4, 0.5) is 0 Å². The Kier molecular flexibility index (Phi) is 3.65. The number of carboxylic acids is 1. The molecule has 76 valence electrons. The highest BCUT2D eigenvalue weighted by molar-refractivity contribution is 5.62. The molecule has 2 atom stereocenters. The van der Waals surface area contributed by atoms with E-state index in [9.17, 15) is 0 Å². The Hall–Kier alpha value is -1.35. The second-order valence-electron chi connectivity index (χ2n) is 3.34. The molecule has 0 unspecified atom stereocenters. The van der Waals surface area contributed by atoms with Crippen molar-refractivity contribution in [3.05, 3.63) is 35.9 Å². The number of rotatable bonds is 1. The molecule has 0 amide bonds. The van der Waals surface area contributed by atoms with Gasteiger partial charge in [-0.3, -0.25) is 4.79 Å². The third-order valence-corrected chi connectivity index (χ3v) is 1.98. The number of hydrogen-bond acceptors (Lipinski definition) is 2. The standard InChI is InChI=1S/C9H10O.C2H4O2/c10-9-6-8(9)7-4-2-1-3-5-7;1-2(3)4/h1-5,8-10H,6H2;1H3,(H,3,4)/t8-,9-;/m1./s1. The first-order valence-electron chi connectivity index (χ1n) is 4.54. The maximum atomic E-state index is 9.08. The van der Waals surface area contributed by atoms with Crippen molar-refractivity contribution in [2.75, 3.05) is 0 Å². The molecule has 1 aliphatic rings. The fourth-order valence-corrected chi connectivity index (χ4v) is 1.24. The van der Waals surface area contributed by atoms with Crippen LogP contribution in [0.15, 0.2) is 30.3 Å². The summed E-state index contributed by atoms with van der Waals surface area (Å²) >= 11 is 0. The molecule has 1 aliphatic carbocycles. The van der Waals surface area contributed by atoms with E-state index in [2.05, 4.69) is 12.1 Å². The van der Waals surface area contributed by atoms with Gasteiger partial charge >= 0.3 is 0 Å². The molecule has 1 saturated carbocycles. The predicted molar refractivity (Wildman–Crippen MR) is 53.1 cm³/mol. The van der Waals surface area contributed by atoms with Crippen molar-refractivity contribution in [3.8, 4) is 0 Å². The van der Waals surface area contributed by atoms with Gasteiger partial charge < -0.3 is 10.2 Å². The quantitative estimate of drug-likeness (QED) is 0.714. The summed E-state index contributed by atoms with van der Waals surface area (Å²) < 4.78 is 0. The molecule has 0 saturated heterocycles. The Morgan fingerprint density at radius 2 is 1.79 bits per heavy atom. The molecule has 1 aromatic rings. The normalized spacial score (nSPS) is 23.3. The maximum absolute atomic E-state index is 9.08. The largest absolute Gasteiger partial charge is 0.481 e. The van der Waals surface area contributed by atoms with Crippen LogP contribution in [0.1, 0.15) is 24.8 Å². The van der Waals surface area contributed by atoms with Crippen LogP contribution < -0.4 is 0 Å². The molecule has 0 aliphatic heterocycles. The molecule has 0 bridgehead atoms. The zero-order valence-electron chi connectivity index (χ0n) is 8.05. The number of benzene rings is 1.